The molecule has 0 saturated carbocycles. The second-order valence-electron chi connectivity index (χ2n) is 19.7. The van der Waals surface area contributed by atoms with Crippen molar-refractivity contribution in [2.75, 3.05) is 0 Å². The topological polar surface area (TPSA) is 71.0 Å². The zero-order chi connectivity index (χ0) is 47.2. The van der Waals surface area contributed by atoms with Gasteiger partial charge >= 0.3 is 0 Å². The summed E-state index contributed by atoms with van der Waals surface area (Å²) in [5.41, 5.74) is 4.17. The number of nitrogens with one attached hydrogen (secondary N) is 2. The van der Waals surface area contributed by atoms with Crippen molar-refractivity contribution in [1.82, 2.24) is 10.3 Å². The molecule has 8 bridgehead atoms. The second-order valence-corrected chi connectivity index (χ2v) is 19.7. The molecule has 5 rings (SSSR count). The van der Waals surface area contributed by atoms with Gasteiger partial charge in [0.15, 0.2) is 0 Å². The minimum absolute atomic E-state index is 0.344. The lowest BCUT2D eigenvalue weighted by Gasteiger charge is -2.34. The Morgan fingerprint density at radius 2 is 0.985 bits per heavy atom. The third-order valence-electron chi connectivity index (χ3n) is 13.8. The number of allylic oxidation sites excluding steroid dienone is 7. The van der Waals surface area contributed by atoms with Gasteiger partial charge in [0.2, 0.25) is 0 Å². The molecule has 1 aromatic heterocycles. The van der Waals surface area contributed by atoms with E-state index in [2.05, 4.69) is 86.6 Å². The maximum absolute atomic E-state index is 10.0. The molecule has 1 aromatic rings. The fourth-order valence-corrected chi connectivity index (χ4v) is 9.55. The van der Waals surface area contributed by atoms with E-state index in [1.165, 1.54) is 180 Å². The van der Waals surface area contributed by atoms with E-state index in [1.807, 2.05) is 36.8 Å². The van der Waals surface area contributed by atoms with Crippen molar-refractivity contribution < 1.29 is 10.8 Å². The maximum atomic E-state index is 10.0. The summed E-state index contributed by atoms with van der Waals surface area (Å²) in [5.74, 6) is 0. The van der Waals surface area contributed by atoms with E-state index in [1.54, 1.807) is 0 Å². The van der Waals surface area contributed by atoms with Gasteiger partial charge in [-0.1, -0.05) is 181 Å². The van der Waals surface area contributed by atoms with Crippen LogP contribution in [-0.4, -0.2) is 34.2 Å². The molecule has 4 aliphatic heterocycles. The molecular weight excluding hydrogens is 809 g/mol. The highest BCUT2D eigenvalue weighted by molar-refractivity contribution is 6.20. The molecule has 4 atom stereocenters. The van der Waals surface area contributed by atoms with Crippen molar-refractivity contribution >= 4 is 23.6 Å². The molecule has 2 N–H and O–H groups in total. The Balaban J connectivity index is 1.15. The van der Waals surface area contributed by atoms with E-state index >= 15 is 0 Å². The Hall–Kier alpha value is -4.06. The molecule has 4 aliphatic rings. The van der Waals surface area contributed by atoms with Gasteiger partial charge in [0.1, 0.15) is 12.2 Å². The molecule has 0 radical (unpaired) electrons. The molecule has 0 fully saturated rings. The molecule has 0 spiro atoms. The van der Waals surface area contributed by atoms with E-state index in [0.717, 1.165) is 57.6 Å². The van der Waals surface area contributed by atoms with Gasteiger partial charge in [0.05, 0.1) is 40.9 Å². The van der Waals surface area contributed by atoms with Gasteiger partial charge in [-0.25, -0.2) is 9.98 Å². The Kier molecular flexibility index (Phi) is 24.8. The average molecular weight is 902 g/mol. The van der Waals surface area contributed by atoms with Gasteiger partial charge in [-0.15, -0.1) is 0 Å². The summed E-state index contributed by atoms with van der Waals surface area (Å²) in [4.78, 5) is 13.5. The van der Waals surface area contributed by atoms with Crippen LogP contribution < -0.4 is 16.0 Å². The van der Waals surface area contributed by atoms with E-state index in [9.17, 15) is 1.37 Å². The molecule has 6 nitrogen and oxygen atoms in total. The summed E-state index contributed by atoms with van der Waals surface area (Å²) in [6, 6.07) is 4.14. The monoisotopic (exact) mass is 902 g/mol. The average Bonchev–Trinajstić information content (AvgIpc) is 4.13. The SMILES string of the molecule is [2H]C1C(C(C)OC=CCCCCCCCCCCCCCCCC)=C2/C=C3/C=CC(=N3)/C=c3/cc/c([nH]3)=C/C3=NC(=C\C1(C(C)OC=CCCCCCCCCCCCCCCCC)N2)/C=C3. The molecule has 0 aliphatic carbocycles. The molecule has 66 heavy (non-hydrogen) atoms. The second kappa shape index (κ2) is 31.8. The lowest BCUT2D eigenvalue weighted by atomic mass is 9.86. The van der Waals surface area contributed by atoms with E-state index in [0.29, 0.717) is 0 Å². The molecule has 0 aromatic carbocycles. The first-order valence-electron chi connectivity index (χ1n) is 27.9. The standard InChI is InChI=1S/C60H92N4O2/c1-5-7-9-11-13-15-17-19-21-23-25-27-29-31-33-35-43-65-50(3)58-49-60(51(4)66-44-36-34-32-30-28-26-24-22-20-18-16-14-12-10-8-6-2)48-57-42-41-55(63-57)46-53-38-37-52(61-53)45-54-39-40-56(62-54)47-59(58)64-60/h35-48,50-51,61,64H,5-34,49H2,1-4H3/b43-35?,44-36?,52-45-,53-46-,56-47-,57-48-/i49D. The summed E-state index contributed by atoms with van der Waals surface area (Å²) in [7, 11) is 0. The summed E-state index contributed by atoms with van der Waals surface area (Å²) in [6.07, 6.45) is 63.2. The highest BCUT2D eigenvalue weighted by Gasteiger charge is 2.44. The van der Waals surface area contributed by atoms with Gasteiger partial charge in [0.25, 0.3) is 0 Å². The van der Waals surface area contributed by atoms with Gasteiger partial charge in [-0.05, 0) is 118 Å². The van der Waals surface area contributed by atoms with Crippen molar-refractivity contribution in [3.63, 3.8) is 0 Å². The molecule has 0 saturated heterocycles. The summed E-state index contributed by atoms with van der Waals surface area (Å²) in [5, 5.41) is 5.80. The van der Waals surface area contributed by atoms with Crippen LogP contribution in [0.1, 0.15) is 228 Å². The van der Waals surface area contributed by atoms with Gasteiger partial charge in [0, 0.05) is 24.2 Å². The number of H-pyrrole nitrogens is 1. The Morgan fingerprint density at radius 1 is 0.561 bits per heavy atom. The third kappa shape index (κ3) is 20.0. The van der Waals surface area contributed by atoms with Crippen LogP contribution in [0.15, 0.2) is 106 Å². The lowest BCUT2D eigenvalue weighted by Crippen LogP contribution is -2.49. The zero-order valence-corrected chi connectivity index (χ0v) is 42.2. The molecule has 364 valence electrons. The van der Waals surface area contributed by atoms with E-state index < -0.39 is 18.0 Å². The Labute approximate surface area is 404 Å². The molecule has 4 unspecified atom stereocenters. The molecular formula is C60H92N4O2. The molecule has 6 heteroatoms. The number of unbranched alkanes of at least 4 members (excludes halogenated alkanes) is 28. The predicted octanol–water partition coefficient (Wildman–Crippen LogP) is 15.9. The molecule has 0 amide bonds. The van der Waals surface area contributed by atoms with Crippen LogP contribution >= 0.6 is 0 Å². The van der Waals surface area contributed by atoms with Crippen molar-refractivity contribution in [3.8, 4) is 0 Å². The van der Waals surface area contributed by atoms with Gasteiger partial charge in [-0.2, -0.15) is 0 Å². The van der Waals surface area contributed by atoms with Crippen molar-refractivity contribution in [2.45, 2.75) is 244 Å². The first-order chi connectivity index (χ1) is 32.9. The summed E-state index contributed by atoms with van der Waals surface area (Å²) < 4.78 is 23.1. The normalized spacial score (nSPS) is 22.5. The van der Waals surface area contributed by atoms with Crippen LogP contribution in [0.3, 0.4) is 0 Å². The van der Waals surface area contributed by atoms with Crippen molar-refractivity contribution in [3.05, 3.63) is 107 Å². The van der Waals surface area contributed by atoms with E-state index in [4.69, 9.17) is 19.5 Å². The number of fused-ring (bicyclic) bond motifs is 6. The van der Waals surface area contributed by atoms with Crippen LogP contribution in [-0.2, 0) is 9.47 Å². The van der Waals surface area contributed by atoms with E-state index in [-0.39, 0.29) is 6.10 Å². The van der Waals surface area contributed by atoms with Gasteiger partial charge < -0.3 is 19.8 Å². The number of hydrogen-bond acceptors (Lipinski definition) is 5. The Bertz CT molecular complexity index is 1990. The number of nitrogens with zero attached hydrogens (tertiary/aromatic N) is 2. The number of aliphatic imine (C=N–C) groups is 2. The highest BCUT2D eigenvalue weighted by atomic mass is 16.5. The van der Waals surface area contributed by atoms with Gasteiger partial charge in [-0.3, -0.25) is 0 Å². The largest absolute Gasteiger partial charge is 0.496 e. The van der Waals surface area contributed by atoms with Crippen LogP contribution in [0, 0.1) is 0 Å². The minimum atomic E-state index is -0.924. The lowest BCUT2D eigenvalue weighted by molar-refractivity contribution is 0.0910. The third-order valence-corrected chi connectivity index (χ3v) is 13.8. The summed E-state index contributed by atoms with van der Waals surface area (Å²) in [6.45, 7) is 8.73. The van der Waals surface area contributed by atoms with Crippen LogP contribution in [0.5, 0.6) is 0 Å². The van der Waals surface area contributed by atoms with Crippen molar-refractivity contribution in [1.29, 1.82) is 0 Å². The number of aromatic amines is 1. The number of rotatable bonds is 36. The number of hydrogen-bond donors (Lipinski definition) is 2. The first kappa shape index (κ1) is 51.3. The minimum Gasteiger partial charge on any atom is -0.496 e. The number of aromatic nitrogens is 1. The number of ether oxygens (including phenoxy) is 2. The van der Waals surface area contributed by atoms with Crippen LogP contribution in [0.25, 0.3) is 12.2 Å². The fourth-order valence-electron chi connectivity index (χ4n) is 9.55. The smallest absolute Gasteiger partial charge is 0.122 e. The molecule has 5 heterocycles. The predicted molar refractivity (Wildman–Crippen MR) is 285 cm³/mol. The van der Waals surface area contributed by atoms with Crippen molar-refractivity contribution in [2.24, 2.45) is 9.98 Å². The maximum Gasteiger partial charge on any atom is 0.122 e. The zero-order valence-electron chi connectivity index (χ0n) is 43.2. The van der Waals surface area contributed by atoms with Crippen LogP contribution in [0.2, 0.25) is 0 Å². The quantitative estimate of drug-likeness (QED) is 0.0521. The highest BCUT2D eigenvalue weighted by Crippen LogP contribution is 2.38. The Morgan fingerprint density at radius 3 is 1.47 bits per heavy atom. The summed E-state index contributed by atoms with van der Waals surface area (Å²) >= 11 is 0. The van der Waals surface area contributed by atoms with Crippen LogP contribution in [0.4, 0.5) is 0 Å². The fraction of sp³-hybridized carbons (Fsp3) is 0.633. The first-order valence-corrected chi connectivity index (χ1v) is 27.3.